The quantitative estimate of drug-likeness (QED) is 0.749. The molecule has 0 amide bonds. The third-order valence-corrected chi connectivity index (χ3v) is 4.83. The van der Waals surface area contributed by atoms with E-state index in [9.17, 15) is 0 Å². The highest BCUT2D eigenvalue weighted by atomic mass is 15.2. The van der Waals surface area contributed by atoms with Crippen molar-refractivity contribution in [2.45, 2.75) is 51.7 Å². The number of nitrogens with zero attached hydrogens (tertiary/aromatic N) is 2. The molecule has 1 aliphatic rings. The van der Waals surface area contributed by atoms with E-state index in [1.165, 1.54) is 36.1 Å². The van der Waals surface area contributed by atoms with E-state index in [2.05, 4.69) is 58.5 Å². The van der Waals surface area contributed by atoms with Gasteiger partial charge < -0.3 is 5.32 Å². The number of benzene rings is 1. The number of hydrogen-bond acceptors (Lipinski definition) is 3. The minimum atomic E-state index is 0.533. The molecule has 0 aliphatic carbocycles. The van der Waals surface area contributed by atoms with Gasteiger partial charge in [0.15, 0.2) is 0 Å². The molecule has 0 bridgehead atoms. The molecule has 2 heterocycles. The lowest BCUT2D eigenvalue weighted by molar-refractivity contribution is 0.222. The van der Waals surface area contributed by atoms with Gasteiger partial charge in [-0.3, -0.25) is 9.88 Å². The fourth-order valence-electron chi connectivity index (χ4n) is 3.50. The number of unbranched alkanes of at least 4 members (excludes halogenated alkanes) is 2. The first-order valence-corrected chi connectivity index (χ1v) is 9.27. The molecule has 0 unspecified atom stereocenters. The van der Waals surface area contributed by atoms with Crippen molar-refractivity contribution in [1.82, 2.24) is 15.2 Å². The summed E-state index contributed by atoms with van der Waals surface area (Å²) in [6, 6.07) is 15.6. The Hall–Kier alpha value is -1.71. The van der Waals surface area contributed by atoms with Gasteiger partial charge >= 0.3 is 0 Å². The lowest BCUT2D eigenvalue weighted by Gasteiger charge is -2.31. The molecule has 0 spiro atoms. The van der Waals surface area contributed by atoms with Crippen LogP contribution in [-0.4, -0.2) is 29.0 Å². The SMILES string of the molecule is CCCCCN(Cc1ccccn1)C[C@H]1Cc2ccccc2CN1. The Balaban J connectivity index is 1.61. The van der Waals surface area contributed by atoms with E-state index in [4.69, 9.17) is 0 Å². The van der Waals surface area contributed by atoms with Crippen LogP contribution < -0.4 is 5.32 Å². The molecular weight excluding hydrogens is 294 g/mol. The maximum atomic E-state index is 4.51. The zero-order chi connectivity index (χ0) is 16.6. The molecule has 1 aromatic heterocycles. The van der Waals surface area contributed by atoms with E-state index in [0.29, 0.717) is 6.04 Å². The highest BCUT2D eigenvalue weighted by Gasteiger charge is 2.20. The van der Waals surface area contributed by atoms with Gasteiger partial charge in [0.25, 0.3) is 0 Å². The maximum Gasteiger partial charge on any atom is 0.0543 e. The van der Waals surface area contributed by atoms with Crippen molar-refractivity contribution in [2.24, 2.45) is 0 Å². The zero-order valence-electron chi connectivity index (χ0n) is 14.7. The second-order valence-corrected chi connectivity index (χ2v) is 6.81. The summed E-state index contributed by atoms with van der Waals surface area (Å²) in [4.78, 5) is 7.09. The first-order valence-electron chi connectivity index (χ1n) is 9.27. The van der Waals surface area contributed by atoms with Crippen LogP contribution in [0.5, 0.6) is 0 Å². The van der Waals surface area contributed by atoms with Gasteiger partial charge in [0, 0.05) is 31.9 Å². The van der Waals surface area contributed by atoms with E-state index >= 15 is 0 Å². The average molecular weight is 323 g/mol. The Bertz CT molecular complexity index is 611. The molecule has 3 nitrogen and oxygen atoms in total. The number of pyridine rings is 1. The number of rotatable bonds is 8. The molecule has 24 heavy (non-hydrogen) atoms. The topological polar surface area (TPSA) is 28.2 Å². The van der Waals surface area contributed by atoms with Crippen LogP contribution in [0.1, 0.15) is 43.0 Å². The summed E-state index contributed by atoms with van der Waals surface area (Å²) in [6.45, 7) is 6.46. The summed E-state index contributed by atoms with van der Waals surface area (Å²) < 4.78 is 0. The van der Waals surface area contributed by atoms with Crippen LogP contribution in [0.4, 0.5) is 0 Å². The number of hydrogen-bond donors (Lipinski definition) is 1. The summed E-state index contributed by atoms with van der Waals surface area (Å²) in [5, 5.41) is 3.72. The fourth-order valence-corrected chi connectivity index (χ4v) is 3.50. The Morgan fingerprint density at radius 3 is 2.71 bits per heavy atom. The molecule has 2 aromatic rings. The van der Waals surface area contributed by atoms with Crippen molar-refractivity contribution in [2.75, 3.05) is 13.1 Å². The van der Waals surface area contributed by atoms with Crippen molar-refractivity contribution in [1.29, 1.82) is 0 Å². The summed E-state index contributed by atoms with van der Waals surface area (Å²) in [7, 11) is 0. The van der Waals surface area contributed by atoms with Crippen LogP contribution in [0.3, 0.4) is 0 Å². The Morgan fingerprint density at radius 1 is 1.08 bits per heavy atom. The van der Waals surface area contributed by atoms with Crippen LogP contribution in [0.25, 0.3) is 0 Å². The van der Waals surface area contributed by atoms with Crippen LogP contribution in [-0.2, 0) is 19.5 Å². The standard InChI is InChI=1S/C21H29N3/c1-2-3-8-13-24(16-20-11-6-7-12-22-20)17-21-14-18-9-4-5-10-19(18)15-23-21/h4-7,9-12,21,23H,2-3,8,13-17H2,1H3/t21-/m1/s1. The first-order chi connectivity index (χ1) is 11.8. The third kappa shape index (κ3) is 4.89. The van der Waals surface area contributed by atoms with Gasteiger partial charge in [-0.15, -0.1) is 0 Å². The lowest BCUT2D eigenvalue weighted by atomic mass is 9.95. The predicted octanol–water partition coefficient (Wildman–Crippen LogP) is 3.79. The molecule has 3 rings (SSSR count). The summed E-state index contributed by atoms with van der Waals surface area (Å²) in [5.41, 5.74) is 4.13. The highest BCUT2D eigenvalue weighted by Crippen LogP contribution is 2.17. The fraction of sp³-hybridized carbons (Fsp3) is 0.476. The van der Waals surface area contributed by atoms with Crippen LogP contribution in [0, 0.1) is 0 Å². The molecule has 128 valence electrons. The maximum absolute atomic E-state index is 4.51. The zero-order valence-corrected chi connectivity index (χ0v) is 14.7. The average Bonchev–Trinajstić information content (AvgIpc) is 2.62. The van der Waals surface area contributed by atoms with Crippen LogP contribution in [0.15, 0.2) is 48.7 Å². The summed E-state index contributed by atoms with van der Waals surface area (Å²) in [6.07, 6.45) is 6.87. The molecule has 1 atom stereocenters. The Labute approximate surface area is 146 Å². The number of fused-ring (bicyclic) bond motifs is 1. The minimum Gasteiger partial charge on any atom is -0.308 e. The van der Waals surface area contributed by atoms with Gasteiger partial charge in [0.2, 0.25) is 0 Å². The van der Waals surface area contributed by atoms with Crippen LogP contribution >= 0.6 is 0 Å². The molecular formula is C21H29N3. The molecule has 1 N–H and O–H groups in total. The van der Waals surface area contributed by atoms with Crippen molar-refractivity contribution >= 4 is 0 Å². The van der Waals surface area contributed by atoms with E-state index in [0.717, 1.165) is 32.6 Å². The van der Waals surface area contributed by atoms with E-state index in [1.54, 1.807) is 0 Å². The molecule has 0 saturated heterocycles. The van der Waals surface area contributed by atoms with E-state index in [-0.39, 0.29) is 0 Å². The van der Waals surface area contributed by atoms with Gasteiger partial charge in [-0.1, -0.05) is 50.1 Å². The van der Waals surface area contributed by atoms with Crippen molar-refractivity contribution in [3.8, 4) is 0 Å². The van der Waals surface area contributed by atoms with E-state index < -0.39 is 0 Å². The second kappa shape index (κ2) is 8.95. The van der Waals surface area contributed by atoms with Crippen molar-refractivity contribution < 1.29 is 0 Å². The second-order valence-electron chi connectivity index (χ2n) is 6.81. The minimum absolute atomic E-state index is 0.533. The van der Waals surface area contributed by atoms with Gasteiger partial charge in [0.05, 0.1) is 5.69 Å². The first kappa shape index (κ1) is 17.1. The monoisotopic (exact) mass is 323 g/mol. The Morgan fingerprint density at radius 2 is 1.92 bits per heavy atom. The van der Waals surface area contributed by atoms with Crippen molar-refractivity contribution in [3.63, 3.8) is 0 Å². The highest BCUT2D eigenvalue weighted by molar-refractivity contribution is 5.30. The molecule has 0 fully saturated rings. The van der Waals surface area contributed by atoms with E-state index in [1.807, 2.05) is 12.3 Å². The molecule has 0 radical (unpaired) electrons. The molecule has 3 heteroatoms. The van der Waals surface area contributed by atoms with Gasteiger partial charge in [-0.25, -0.2) is 0 Å². The number of aromatic nitrogens is 1. The number of nitrogens with one attached hydrogen (secondary N) is 1. The molecule has 1 aromatic carbocycles. The molecule has 0 saturated carbocycles. The van der Waals surface area contributed by atoms with Crippen LogP contribution in [0.2, 0.25) is 0 Å². The van der Waals surface area contributed by atoms with Gasteiger partial charge in [-0.2, -0.15) is 0 Å². The summed E-state index contributed by atoms with van der Waals surface area (Å²) >= 11 is 0. The van der Waals surface area contributed by atoms with Gasteiger partial charge in [0.1, 0.15) is 0 Å². The lowest BCUT2D eigenvalue weighted by Crippen LogP contribution is -2.44. The largest absolute Gasteiger partial charge is 0.308 e. The smallest absolute Gasteiger partial charge is 0.0543 e. The predicted molar refractivity (Wildman–Crippen MR) is 99.8 cm³/mol. The Kier molecular flexibility index (Phi) is 6.39. The normalized spacial score (nSPS) is 17.0. The summed E-state index contributed by atoms with van der Waals surface area (Å²) in [5.74, 6) is 0. The molecule has 1 aliphatic heterocycles. The van der Waals surface area contributed by atoms with Gasteiger partial charge in [-0.05, 0) is 42.6 Å². The third-order valence-electron chi connectivity index (χ3n) is 4.83. The van der Waals surface area contributed by atoms with Crippen molar-refractivity contribution in [3.05, 3.63) is 65.5 Å².